The smallest absolute Gasteiger partial charge is 0.262 e. The number of hydrogen-bond donors (Lipinski definition) is 2. The summed E-state index contributed by atoms with van der Waals surface area (Å²) >= 11 is 1.35. The Morgan fingerprint density at radius 2 is 1.89 bits per heavy atom. The van der Waals surface area contributed by atoms with Gasteiger partial charge in [-0.15, -0.1) is 0 Å². The lowest BCUT2D eigenvalue weighted by atomic mass is 10.1. The van der Waals surface area contributed by atoms with Gasteiger partial charge in [-0.1, -0.05) is 17.8 Å². The number of rotatable bonds is 8. The fourth-order valence-electron chi connectivity index (χ4n) is 3.81. The van der Waals surface area contributed by atoms with E-state index in [1.165, 1.54) is 42.4 Å². The van der Waals surface area contributed by atoms with Gasteiger partial charge in [0.2, 0.25) is 5.91 Å². The van der Waals surface area contributed by atoms with Gasteiger partial charge in [0.05, 0.1) is 6.54 Å². The normalized spacial score (nSPS) is 17.6. The number of anilines is 1. The molecule has 0 saturated carbocycles. The van der Waals surface area contributed by atoms with Crippen LogP contribution in [0.25, 0.3) is 0 Å². The van der Waals surface area contributed by atoms with Crippen LogP contribution in [-0.2, 0) is 9.59 Å². The molecule has 1 unspecified atom stereocenters. The van der Waals surface area contributed by atoms with Crippen LogP contribution in [0.2, 0.25) is 0 Å². The first-order valence-corrected chi connectivity index (χ1v) is 12.5. The SMILES string of the molecule is O=C(CC1SC(N2CCCCC2)=NC1=O)Nc1cccc(C(=O)NCCOc2ccc(F)cc2)c1. The minimum absolute atomic E-state index is 0.0154. The fraction of sp³-hybridized carbons (Fsp3) is 0.360. The summed E-state index contributed by atoms with van der Waals surface area (Å²) in [7, 11) is 0. The third kappa shape index (κ3) is 7.05. The van der Waals surface area contributed by atoms with Gasteiger partial charge < -0.3 is 20.3 Å². The number of amidine groups is 1. The summed E-state index contributed by atoms with van der Waals surface area (Å²) in [5.74, 6) is -0.734. The number of benzene rings is 2. The predicted molar refractivity (Wildman–Crippen MR) is 133 cm³/mol. The highest BCUT2D eigenvalue weighted by molar-refractivity contribution is 8.15. The first-order chi connectivity index (χ1) is 17.0. The largest absolute Gasteiger partial charge is 0.492 e. The van der Waals surface area contributed by atoms with Gasteiger partial charge in [0.15, 0.2) is 5.17 Å². The molecule has 10 heteroatoms. The number of aliphatic imine (C=N–C) groups is 1. The van der Waals surface area contributed by atoms with Crippen LogP contribution in [0.4, 0.5) is 10.1 Å². The van der Waals surface area contributed by atoms with Crippen molar-refractivity contribution in [2.45, 2.75) is 30.9 Å². The number of nitrogens with one attached hydrogen (secondary N) is 2. The molecule has 8 nitrogen and oxygen atoms in total. The quantitative estimate of drug-likeness (QED) is 0.541. The first kappa shape index (κ1) is 24.7. The van der Waals surface area contributed by atoms with Crippen molar-refractivity contribution >= 4 is 40.3 Å². The number of amides is 3. The van der Waals surface area contributed by atoms with Crippen molar-refractivity contribution in [1.29, 1.82) is 0 Å². The van der Waals surface area contributed by atoms with Crippen LogP contribution in [0.1, 0.15) is 36.0 Å². The van der Waals surface area contributed by atoms with E-state index in [0.717, 1.165) is 31.1 Å². The maximum Gasteiger partial charge on any atom is 0.262 e. The molecule has 2 aromatic rings. The van der Waals surface area contributed by atoms with Crippen molar-refractivity contribution in [3.05, 3.63) is 59.9 Å². The zero-order valence-corrected chi connectivity index (χ0v) is 20.0. The molecular weight excluding hydrogens is 471 g/mol. The average molecular weight is 499 g/mol. The second kappa shape index (κ2) is 11.8. The fourth-order valence-corrected chi connectivity index (χ4v) is 4.93. The van der Waals surface area contributed by atoms with Crippen LogP contribution in [0.5, 0.6) is 5.75 Å². The van der Waals surface area contributed by atoms with Gasteiger partial charge in [0.25, 0.3) is 11.8 Å². The molecule has 0 aliphatic carbocycles. The van der Waals surface area contributed by atoms with Gasteiger partial charge in [0.1, 0.15) is 23.4 Å². The van der Waals surface area contributed by atoms with E-state index in [-0.39, 0.29) is 43.1 Å². The van der Waals surface area contributed by atoms with Crippen LogP contribution in [0.3, 0.4) is 0 Å². The lowest BCUT2D eigenvalue weighted by molar-refractivity contribution is -0.121. The summed E-state index contributed by atoms with van der Waals surface area (Å²) < 4.78 is 18.4. The lowest BCUT2D eigenvalue weighted by Crippen LogP contribution is -2.33. The molecule has 2 N–H and O–H groups in total. The molecule has 0 radical (unpaired) electrons. The molecule has 2 aliphatic heterocycles. The molecule has 184 valence electrons. The van der Waals surface area contributed by atoms with E-state index in [1.807, 2.05) is 0 Å². The molecule has 0 aromatic heterocycles. The van der Waals surface area contributed by atoms with E-state index in [0.29, 0.717) is 17.0 Å². The molecule has 4 rings (SSSR count). The standard InChI is InChI=1S/C25H27FN4O4S/c26-18-7-9-20(10-8-18)34-14-11-27-23(32)17-5-4-6-19(15-17)28-22(31)16-21-24(33)29-25(35-21)30-12-2-1-3-13-30/h4-10,15,21H,1-3,11-14,16H2,(H,27,32)(H,28,31). The van der Waals surface area contributed by atoms with Crippen LogP contribution < -0.4 is 15.4 Å². The van der Waals surface area contributed by atoms with Crippen molar-refractivity contribution in [3.8, 4) is 5.75 Å². The summed E-state index contributed by atoms with van der Waals surface area (Å²) in [4.78, 5) is 43.6. The monoisotopic (exact) mass is 498 g/mol. The number of ether oxygens (including phenoxy) is 1. The van der Waals surface area contributed by atoms with E-state index >= 15 is 0 Å². The number of carbonyl (C=O) groups is 3. The van der Waals surface area contributed by atoms with Gasteiger partial charge in [-0.05, 0) is 61.7 Å². The van der Waals surface area contributed by atoms with Crippen molar-refractivity contribution in [2.75, 3.05) is 31.6 Å². The Bertz CT molecular complexity index is 1100. The molecule has 1 atom stereocenters. The third-order valence-corrected chi connectivity index (χ3v) is 6.82. The van der Waals surface area contributed by atoms with E-state index in [9.17, 15) is 18.8 Å². The predicted octanol–water partition coefficient (Wildman–Crippen LogP) is 3.45. The first-order valence-electron chi connectivity index (χ1n) is 11.6. The van der Waals surface area contributed by atoms with Crippen molar-refractivity contribution in [2.24, 2.45) is 4.99 Å². The molecule has 2 aromatic carbocycles. The minimum Gasteiger partial charge on any atom is -0.492 e. The average Bonchev–Trinajstić information content (AvgIpc) is 3.23. The minimum atomic E-state index is -0.528. The summed E-state index contributed by atoms with van der Waals surface area (Å²) in [6.45, 7) is 2.27. The van der Waals surface area contributed by atoms with E-state index < -0.39 is 5.25 Å². The molecular formula is C25H27FN4O4S. The van der Waals surface area contributed by atoms with Gasteiger partial charge in [-0.25, -0.2) is 4.39 Å². The Labute approximate surface area is 207 Å². The van der Waals surface area contributed by atoms with Gasteiger partial charge in [-0.2, -0.15) is 4.99 Å². The van der Waals surface area contributed by atoms with E-state index in [1.54, 1.807) is 24.3 Å². The summed E-state index contributed by atoms with van der Waals surface area (Å²) in [5.41, 5.74) is 0.851. The maximum absolute atomic E-state index is 12.9. The molecule has 35 heavy (non-hydrogen) atoms. The van der Waals surface area contributed by atoms with Gasteiger partial charge in [-0.3, -0.25) is 14.4 Å². The maximum atomic E-state index is 12.9. The van der Waals surface area contributed by atoms with E-state index in [2.05, 4.69) is 20.5 Å². The zero-order valence-electron chi connectivity index (χ0n) is 19.2. The Kier molecular flexibility index (Phi) is 8.36. The second-order valence-electron chi connectivity index (χ2n) is 8.28. The highest BCUT2D eigenvalue weighted by Crippen LogP contribution is 2.29. The van der Waals surface area contributed by atoms with Crippen LogP contribution >= 0.6 is 11.8 Å². The molecule has 2 aliphatic rings. The number of halogens is 1. The topological polar surface area (TPSA) is 100 Å². The molecule has 0 spiro atoms. The Balaban J connectivity index is 1.22. The number of hydrogen-bond acceptors (Lipinski definition) is 6. The van der Waals surface area contributed by atoms with Gasteiger partial charge in [0, 0.05) is 30.8 Å². The van der Waals surface area contributed by atoms with Crippen LogP contribution in [0.15, 0.2) is 53.5 Å². The highest BCUT2D eigenvalue weighted by atomic mass is 32.2. The third-order valence-electron chi connectivity index (χ3n) is 5.60. The Hall–Kier alpha value is -3.40. The zero-order chi connectivity index (χ0) is 24.6. The summed E-state index contributed by atoms with van der Waals surface area (Å²) in [5, 5.41) is 5.70. The molecule has 1 fully saturated rings. The highest BCUT2D eigenvalue weighted by Gasteiger charge is 2.33. The van der Waals surface area contributed by atoms with Crippen molar-refractivity contribution in [3.63, 3.8) is 0 Å². The number of likely N-dealkylation sites (tertiary alicyclic amines) is 1. The number of carbonyl (C=O) groups excluding carboxylic acids is 3. The Morgan fingerprint density at radius 1 is 1.11 bits per heavy atom. The van der Waals surface area contributed by atoms with Crippen LogP contribution in [0, 0.1) is 5.82 Å². The van der Waals surface area contributed by atoms with Crippen LogP contribution in [-0.4, -0.2) is 59.3 Å². The molecule has 1 saturated heterocycles. The molecule has 0 bridgehead atoms. The number of nitrogens with zero attached hydrogens (tertiary/aromatic N) is 2. The molecule has 2 heterocycles. The lowest BCUT2D eigenvalue weighted by Gasteiger charge is -2.27. The van der Waals surface area contributed by atoms with Crippen molar-refractivity contribution in [1.82, 2.24) is 10.2 Å². The number of piperidine rings is 1. The molecule has 3 amide bonds. The van der Waals surface area contributed by atoms with Gasteiger partial charge >= 0.3 is 0 Å². The van der Waals surface area contributed by atoms with E-state index in [4.69, 9.17) is 4.74 Å². The summed E-state index contributed by atoms with van der Waals surface area (Å²) in [6, 6.07) is 12.2. The Morgan fingerprint density at radius 3 is 2.66 bits per heavy atom. The number of thioether (sulfide) groups is 1. The van der Waals surface area contributed by atoms with Crippen molar-refractivity contribution < 1.29 is 23.5 Å². The summed E-state index contributed by atoms with van der Waals surface area (Å²) in [6.07, 6.45) is 3.38. The second-order valence-corrected chi connectivity index (χ2v) is 9.45.